The van der Waals surface area contributed by atoms with Crippen LogP contribution >= 0.6 is 15.9 Å². The van der Waals surface area contributed by atoms with Crippen molar-refractivity contribution in [2.24, 2.45) is 0 Å². The first-order chi connectivity index (χ1) is 14.6. The maximum Gasteiger partial charge on any atom is 0.320 e. The molecule has 6 nitrogen and oxygen atoms in total. The fourth-order valence-corrected chi connectivity index (χ4v) is 3.25. The molecule has 2 amide bonds. The van der Waals surface area contributed by atoms with Crippen LogP contribution in [0.25, 0.3) is 11.5 Å². The zero-order valence-electron chi connectivity index (χ0n) is 16.2. The van der Waals surface area contributed by atoms with Gasteiger partial charge in [0, 0.05) is 15.7 Å². The van der Waals surface area contributed by atoms with Gasteiger partial charge in [-0.2, -0.15) is 0 Å². The standard InChI is InChI=1S/C23H19BrN4O2/c1-15-14-18(12-13-19(15)24)25-23(29)26-20(16-8-4-2-5-9-16)22-28-27-21(30-22)17-10-6-3-7-11-17/h2-14,20H,1H3,(H2,25,26,29)/t20-/m0/s1. The number of hydrogen-bond donors (Lipinski definition) is 2. The molecule has 0 aliphatic carbocycles. The molecular weight excluding hydrogens is 444 g/mol. The first-order valence-corrected chi connectivity index (χ1v) is 10.2. The summed E-state index contributed by atoms with van der Waals surface area (Å²) in [5.41, 5.74) is 3.37. The zero-order valence-corrected chi connectivity index (χ0v) is 17.8. The summed E-state index contributed by atoms with van der Waals surface area (Å²) in [4.78, 5) is 12.7. The van der Waals surface area contributed by atoms with Gasteiger partial charge >= 0.3 is 6.03 Å². The molecular formula is C23H19BrN4O2. The zero-order chi connectivity index (χ0) is 20.9. The van der Waals surface area contributed by atoms with Crippen LogP contribution in [0.15, 0.2) is 87.8 Å². The van der Waals surface area contributed by atoms with Crippen molar-refractivity contribution < 1.29 is 9.21 Å². The molecule has 0 aliphatic rings. The lowest BCUT2D eigenvalue weighted by molar-refractivity contribution is 0.248. The first kappa shape index (κ1) is 19.8. The fourth-order valence-electron chi connectivity index (χ4n) is 3.00. The summed E-state index contributed by atoms with van der Waals surface area (Å²) in [6, 6.07) is 23.7. The summed E-state index contributed by atoms with van der Waals surface area (Å²) in [6.07, 6.45) is 0. The number of amides is 2. The predicted molar refractivity (Wildman–Crippen MR) is 119 cm³/mol. The molecule has 0 spiro atoms. The van der Waals surface area contributed by atoms with E-state index in [9.17, 15) is 4.79 Å². The number of carbonyl (C=O) groups excluding carboxylic acids is 1. The van der Waals surface area contributed by atoms with E-state index in [1.165, 1.54) is 0 Å². The van der Waals surface area contributed by atoms with Gasteiger partial charge in [-0.15, -0.1) is 10.2 Å². The van der Waals surface area contributed by atoms with Crippen LogP contribution in [0, 0.1) is 6.92 Å². The van der Waals surface area contributed by atoms with E-state index in [0.717, 1.165) is 21.2 Å². The molecule has 1 aromatic heterocycles. The van der Waals surface area contributed by atoms with E-state index in [1.54, 1.807) is 0 Å². The van der Waals surface area contributed by atoms with Gasteiger partial charge < -0.3 is 15.1 Å². The van der Waals surface area contributed by atoms with Crippen LogP contribution in [0.2, 0.25) is 0 Å². The molecule has 0 bridgehead atoms. The number of carbonyl (C=O) groups is 1. The Kier molecular flexibility index (Phi) is 5.90. The van der Waals surface area contributed by atoms with Gasteiger partial charge in [-0.3, -0.25) is 0 Å². The molecule has 150 valence electrons. The Bertz CT molecular complexity index is 1150. The lowest BCUT2D eigenvalue weighted by Gasteiger charge is -2.16. The molecule has 4 aromatic rings. The van der Waals surface area contributed by atoms with Crippen LogP contribution in [-0.2, 0) is 0 Å². The van der Waals surface area contributed by atoms with Gasteiger partial charge in [-0.25, -0.2) is 4.79 Å². The van der Waals surface area contributed by atoms with Crippen molar-refractivity contribution in [3.8, 4) is 11.5 Å². The molecule has 4 rings (SSSR count). The highest BCUT2D eigenvalue weighted by Crippen LogP contribution is 2.25. The molecule has 1 heterocycles. The minimum Gasteiger partial charge on any atom is -0.418 e. The Morgan fingerprint density at radius 1 is 0.967 bits per heavy atom. The third kappa shape index (κ3) is 4.58. The van der Waals surface area contributed by atoms with E-state index in [0.29, 0.717) is 17.5 Å². The minimum atomic E-state index is -0.590. The number of nitrogens with zero attached hydrogens (tertiary/aromatic N) is 2. The van der Waals surface area contributed by atoms with Crippen molar-refractivity contribution >= 4 is 27.6 Å². The largest absolute Gasteiger partial charge is 0.418 e. The predicted octanol–water partition coefficient (Wildman–Crippen LogP) is 5.72. The molecule has 0 fully saturated rings. The highest BCUT2D eigenvalue weighted by atomic mass is 79.9. The molecule has 30 heavy (non-hydrogen) atoms. The summed E-state index contributed by atoms with van der Waals surface area (Å²) < 4.78 is 6.88. The van der Waals surface area contributed by atoms with Crippen molar-refractivity contribution in [2.75, 3.05) is 5.32 Å². The van der Waals surface area contributed by atoms with E-state index in [4.69, 9.17) is 4.42 Å². The Labute approximate surface area is 182 Å². The molecule has 0 saturated carbocycles. The van der Waals surface area contributed by atoms with Crippen molar-refractivity contribution in [2.45, 2.75) is 13.0 Å². The summed E-state index contributed by atoms with van der Waals surface area (Å²) in [7, 11) is 0. The van der Waals surface area contributed by atoms with Crippen molar-refractivity contribution in [1.82, 2.24) is 15.5 Å². The topological polar surface area (TPSA) is 80.0 Å². The number of aromatic nitrogens is 2. The Morgan fingerprint density at radius 2 is 1.67 bits per heavy atom. The monoisotopic (exact) mass is 462 g/mol. The summed E-state index contributed by atoms with van der Waals surface area (Å²) >= 11 is 3.46. The molecule has 0 aliphatic heterocycles. The van der Waals surface area contributed by atoms with Crippen LogP contribution in [0.4, 0.5) is 10.5 Å². The SMILES string of the molecule is Cc1cc(NC(=O)N[C@@H](c2ccccc2)c2nnc(-c3ccccc3)o2)ccc1Br. The van der Waals surface area contributed by atoms with Crippen LogP contribution in [-0.4, -0.2) is 16.2 Å². The van der Waals surface area contributed by atoms with Crippen molar-refractivity contribution in [1.29, 1.82) is 0 Å². The third-order valence-electron chi connectivity index (χ3n) is 4.53. The first-order valence-electron chi connectivity index (χ1n) is 9.37. The highest BCUT2D eigenvalue weighted by molar-refractivity contribution is 9.10. The van der Waals surface area contributed by atoms with Gasteiger partial charge in [-0.05, 0) is 48.4 Å². The van der Waals surface area contributed by atoms with Crippen molar-refractivity contribution in [3.63, 3.8) is 0 Å². The van der Waals surface area contributed by atoms with Crippen LogP contribution in [0.3, 0.4) is 0 Å². The second-order valence-electron chi connectivity index (χ2n) is 6.72. The van der Waals surface area contributed by atoms with E-state index in [-0.39, 0.29) is 6.03 Å². The molecule has 1 atom stereocenters. The van der Waals surface area contributed by atoms with Gasteiger partial charge in [0.15, 0.2) is 0 Å². The second-order valence-corrected chi connectivity index (χ2v) is 7.57. The molecule has 7 heteroatoms. The molecule has 2 N–H and O–H groups in total. The van der Waals surface area contributed by atoms with Gasteiger partial charge in [0.1, 0.15) is 6.04 Å². The Hall–Kier alpha value is -3.45. The average molecular weight is 463 g/mol. The van der Waals surface area contributed by atoms with Crippen LogP contribution < -0.4 is 10.6 Å². The quantitative estimate of drug-likeness (QED) is 0.397. The number of rotatable bonds is 5. The van der Waals surface area contributed by atoms with Gasteiger partial charge in [-0.1, -0.05) is 64.5 Å². The smallest absolute Gasteiger partial charge is 0.320 e. The third-order valence-corrected chi connectivity index (χ3v) is 5.42. The highest BCUT2D eigenvalue weighted by Gasteiger charge is 2.23. The normalized spacial score (nSPS) is 11.7. The van der Waals surface area contributed by atoms with Gasteiger partial charge in [0.2, 0.25) is 11.8 Å². The lowest BCUT2D eigenvalue weighted by atomic mass is 10.1. The average Bonchev–Trinajstić information content (AvgIpc) is 3.26. The summed E-state index contributed by atoms with van der Waals surface area (Å²) in [5.74, 6) is 0.708. The minimum absolute atomic E-state index is 0.308. The van der Waals surface area contributed by atoms with E-state index in [2.05, 4.69) is 36.8 Å². The fraction of sp³-hybridized carbons (Fsp3) is 0.0870. The van der Waals surface area contributed by atoms with Crippen molar-refractivity contribution in [3.05, 3.63) is 100 Å². The van der Waals surface area contributed by atoms with Crippen LogP contribution in [0.5, 0.6) is 0 Å². The Morgan fingerprint density at radius 3 is 2.37 bits per heavy atom. The number of anilines is 1. The number of benzene rings is 3. The van der Waals surface area contributed by atoms with Crippen LogP contribution in [0.1, 0.15) is 23.1 Å². The van der Waals surface area contributed by atoms with E-state index < -0.39 is 6.04 Å². The Balaban J connectivity index is 1.59. The number of nitrogens with one attached hydrogen (secondary N) is 2. The van der Waals surface area contributed by atoms with E-state index >= 15 is 0 Å². The second kappa shape index (κ2) is 8.92. The lowest BCUT2D eigenvalue weighted by Crippen LogP contribution is -2.33. The van der Waals surface area contributed by atoms with E-state index in [1.807, 2.05) is 85.8 Å². The molecule has 3 aromatic carbocycles. The maximum absolute atomic E-state index is 12.7. The molecule has 0 unspecified atom stereocenters. The number of aryl methyl sites for hydroxylation is 1. The number of urea groups is 1. The van der Waals surface area contributed by atoms with Gasteiger partial charge in [0.25, 0.3) is 0 Å². The van der Waals surface area contributed by atoms with Gasteiger partial charge in [0.05, 0.1) is 0 Å². The number of hydrogen-bond acceptors (Lipinski definition) is 4. The summed E-state index contributed by atoms with van der Waals surface area (Å²) in [5, 5.41) is 14.1. The summed E-state index contributed by atoms with van der Waals surface area (Å²) in [6.45, 7) is 1.96. The molecule has 0 radical (unpaired) electrons. The maximum atomic E-state index is 12.7. The molecule has 0 saturated heterocycles. The number of halogens is 1.